The number of hydrogen-bond donors (Lipinski definition) is 0. The molecule has 0 radical (unpaired) electrons. The minimum Gasteiger partial charge on any atom is -0.0961 e. The first-order chi connectivity index (χ1) is 6.05. The minimum absolute atomic E-state index is 0.117. The number of hydrogen-bond acceptors (Lipinski definition) is 0. The van der Waals surface area contributed by atoms with Crippen LogP contribution in [0.5, 0.6) is 0 Å². The van der Waals surface area contributed by atoms with Crippen LogP contribution < -0.4 is 0 Å². The molecule has 0 N–H and O–H groups in total. The molecule has 1 heteroatoms. The van der Waals surface area contributed by atoms with Gasteiger partial charge in [0.1, 0.15) is 0 Å². The molecule has 0 aliphatic heterocycles. The molecule has 0 fully saturated rings. The maximum atomic E-state index is 3.91. The summed E-state index contributed by atoms with van der Waals surface area (Å²) in [5.41, 5.74) is 1.14. The fourth-order valence-corrected chi connectivity index (χ4v) is 4.97. The summed E-state index contributed by atoms with van der Waals surface area (Å²) in [6.45, 7) is 19.9. The third-order valence-corrected chi connectivity index (χ3v) is 5.29. The molecule has 0 saturated carbocycles. The number of allylic oxidation sites excluding steroid dienone is 2. The Labute approximate surface area is 91.2 Å². The molecule has 0 rings (SSSR count). The molecule has 0 aliphatic rings. The molecule has 0 amide bonds. The highest BCUT2D eigenvalue weighted by atomic mass is 31.1. The van der Waals surface area contributed by atoms with E-state index in [9.17, 15) is 0 Å². The Bertz CT molecular complexity index is 209. The SMILES string of the molecule is C=C(C)C=CP(C(C)(C)C)C(C)(C)C. The minimum atomic E-state index is -0.117. The van der Waals surface area contributed by atoms with Gasteiger partial charge in [-0.25, -0.2) is 0 Å². The summed E-state index contributed by atoms with van der Waals surface area (Å²) in [7, 11) is -0.117. The van der Waals surface area contributed by atoms with Crippen molar-refractivity contribution in [1.29, 1.82) is 0 Å². The van der Waals surface area contributed by atoms with E-state index >= 15 is 0 Å². The first-order valence-electron chi connectivity index (χ1n) is 5.18. The fraction of sp³-hybridized carbons (Fsp3) is 0.692. The van der Waals surface area contributed by atoms with Crippen LogP contribution in [0.1, 0.15) is 48.5 Å². The summed E-state index contributed by atoms with van der Waals surface area (Å²) in [4.78, 5) is 0. The zero-order chi connectivity index (χ0) is 11.6. The van der Waals surface area contributed by atoms with Crippen LogP contribution in [0.15, 0.2) is 24.0 Å². The van der Waals surface area contributed by atoms with Crippen molar-refractivity contribution < 1.29 is 0 Å². The van der Waals surface area contributed by atoms with Gasteiger partial charge in [0.15, 0.2) is 0 Å². The predicted molar refractivity (Wildman–Crippen MR) is 70.4 cm³/mol. The highest BCUT2D eigenvalue weighted by Crippen LogP contribution is 2.60. The Morgan fingerprint density at radius 2 is 1.36 bits per heavy atom. The molecule has 0 spiro atoms. The van der Waals surface area contributed by atoms with Crippen LogP contribution in [-0.2, 0) is 0 Å². The van der Waals surface area contributed by atoms with E-state index in [2.05, 4.69) is 66.9 Å². The van der Waals surface area contributed by atoms with Gasteiger partial charge in [-0.3, -0.25) is 0 Å². The summed E-state index contributed by atoms with van der Waals surface area (Å²) in [5, 5.41) is 0.749. The first kappa shape index (κ1) is 13.9. The van der Waals surface area contributed by atoms with E-state index in [0.29, 0.717) is 10.3 Å². The third kappa shape index (κ3) is 4.96. The zero-order valence-corrected chi connectivity index (χ0v) is 11.7. The Hall–Kier alpha value is -0.0900. The Balaban J connectivity index is 4.86. The van der Waals surface area contributed by atoms with Gasteiger partial charge in [-0.15, -0.1) is 0 Å². The van der Waals surface area contributed by atoms with Crippen molar-refractivity contribution in [2.24, 2.45) is 0 Å². The molecule has 0 saturated heterocycles. The average molecular weight is 212 g/mol. The van der Waals surface area contributed by atoms with E-state index in [0.717, 1.165) is 5.57 Å². The highest BCUT2D eigenvalue weighted by molar-refractivity contribution is 7.63. The van der Waals surface area contributed by atoms with Crippen LogP contribution in [0.25, 0.3) is 0 Å². The van der Waals surface area contributed by atoms with Crippen LogP contribution in [0.3, 0.4) is 0 Å². The molecule has 0 bridgehead atoms. The lowest BCUT2D eigenvalue weighted by Gasteiger charge is -2.39. The molecule has 0 heterocycles. The molecule has 0 nitrogen and oxygen atoms in total. The Morgan fingerprint density at radius 1 is 1.00 bits per heavy atom. The van der Waals surface area contributed by atoms with E-state index < -0.39 is 0 Å². The highest BCUT2D eigenvalue weighted by Gasteiger charge is 2.31. The molecular formula is C13H25P. The molecule has 0 unspecified atom stereocenters. The molecule has 14 heavy (non-hydrogen) atoms. The maximum absolute atomic E-state index is 3.91. The average Bonchev–Trinajstić information content (AvgIpc) is 1.78. The summed E-state index contributed by atoms with van der Waals surface area (Å²) in [5.74, 6) is 2.37. The third-order valence-electron chi connectivity index (χ3n) is 1.95. The number of rotatable bonds is 2. The van der Waals surface area contributed by atoms with Crippen LogP contribution in [0, 0.1) is 0 Å². The van der Waals surface area contributed by atoms with Gasteiger partial charge in [-0.2, -0.15) is 0 Å². The smallest absolute Gasteiger partial charge is 0.0140 e. The topological polar surface area (TPSA) is 0 Å². The normalized spacial score (nSPS) is 14.0. The van der Waals surface area contributed by atoms with E-state index in [1.165, 1.54) is 0 Å². The Kier molecular flexibility index (Phi) is 4.59. The van der Waals surface area contributed by atoms with Crippen molar-refractivity contribution in [3.8, 4) is 0 Å². The second-order valence-corrected chi connectivity index (χ2v) is 9.60. The van der Waals surface area contributed by atoms with Crippen molar-refractivity contribution in [2.45, 2.75) is 58.8 Å². The molecular weight excluding hydrogens is 187 g/mol. The fourth-order valence-electron chi connectivity index (χ4n) is 1.66. The van der Waals surface area contributed by atoms with Crippen LogP contribution >= 0.6 is 7.92 Å². The molecule has 0 aromatic heterocycles. The van der Waals surface area contributed by atoms with Crippen molar-refractivity contribution in [3.63, 3.8) is 0 Å². The lowest BCUT2D eigenvalue weighted by atomic mass is 10.2. The molecule has 0 aliphatic carbocycles. The second-order valence-electron chi connectivity index (χ2n) is 5.87. The van der Waals surface area contributed by atoms with Gasteiger partial charge >= 0.3 is 0 Å². The monoisotopic (exact) mass is 212 g/mol. The summed E-state index contributed by atoms with van der Waals surface area (Å²) in [6.07, 6.45) is 2.17. The van der Waals surface area contributed by atoms with Gasteiger partial charge < -0.3 is 0 Å². The Morgan fingerprint density at radius 3 is 1.57 bits per heavy atom. The van der Waals surface area contributed by atoms with E-state index in [1.807, 2.05) is 0 Å². The quantitative estimate of drug-likeness (QED) is 0.438. The largest absolute Gasteiger partial charge is 0.0961 e. The van der Waals surface area contributed by atoms with E-state index in [1.54, 1.807) is 0 Å². The van der Waals surface area contributed by atoms with Crippen molar-refractivity contribution in [3.05, 3.63) is 24.0 Å². The van der Waals surface area contributed by atoms with E-state index in [-0.39, 0.29) is 7.92 Å². The van der Waals surface area contributed by atoms with Crippen molar-refractivity contribution in [1.82, 2.24) is 0 Å². The summed E-state index contributed by atoms with van der Waals surface area (Å²) in [6, 6.07) is 0. The van der Waals surface area contributed by atoms with Crippen molar-refractivity contribution >= 4 is 7.92 Å². The standard InChI is InChI=1S/C13H25P/c1-11(2)9-10-14(12(3,4)5)13(6,7)8/h9-10H,1H2,2-8H3. The van der Waals surface area contributed by atoms with Crippen LogP contribution in [-0.4, -0.2) is 10.3 Å². The first-order valence-corrected chi connectivity index (χ1v) is 6.59. The van der Waals surface area contributed by atoms with Gasteiger partial charge in [0.05, 0.1) is 0 Å². The van der Waals surface area contributed by atoms with Gasteiger partial charge in [0.25, 0.3) is 0 Å². The molecule has 0 aromatic rings. The zero-order valence-electron chi connectivity index (χ0n) is 10.8. The van der Waals surface area contributed by atoms with Crippen LogP contribution in [0.2, 0.25) is 0 Å². The van der Waals surface area contributed by atoms with Crippen molar-refractivity contribution in [2.75, 3.05) is 0 Å². The molecule has 0 atom stereocenters. The molecule has 82 valence electrons. The summed E-state index contributed by atoms with van der Waals surface area (Å²) < 4.78 is 0. The second kappa shape index (κ2) is 4.62. The van der Waals surface area contributed by atoms with Gasteiger partial charge in [-0.05, 0) is 17.2 Å². The van der Waals surface area contributed by atoms with E-state index in [4.69, 9.17) is 0 Å². The molecule has 0 aromatic carbocycles. The summed E-state index contributed by atoms with van der Waals surface area (Å²) >= 11 is 0. The van der Waals surface area contributed by atoms with Gasteiger partial charge in [-0.1, -0.05) is 73.5 Å². The van der Waals surface area contributed by atoms with Gasteiger partial charge in [0, 0.05) is 0 Å². The lowest BCUT2D eigenvalue weighted by Crippen LogP contribution is -2.23. The predicted octanol–water partition coefficient (Wildman–Crippen LogP) is 5.16. The lowest BCUT2D eigenvalue weighted by molar-refractivity contribution is 0.714. The van der Waals surface area contributed by atoms with Crippen LogP contribution in [0.4, 0.5) is 0 Å². The van der Waals surface area contributed by atoms with Gasteiger partial charge in [0.2, 0.25) is 0 Å². The maximum Gasteiger partial charge on any atom is -0.0140 e.